The summed E-state index contributed by atoms with van der Waals surface area (Å²) in [6, 6.07) is 6.23. The minimum atomic E-state index is -0.637. The van der Waals surface area contributed by atoms with Gasteiger partial charge < -0.3 is 4.74 Å². The summed E-state index contributed by atoms with van der Waals surface area (Å²) in [7, 11) is 1.57. The molecule has 6 heteroatoms. The van der Waals surface area contributed by atoms with Gasteiger partial charge in [0, 0.05) is 24.6 Å². The Hall–Kier alpha value is -0.460. The normalized spacial score (nSPS) is 14.6. The van der Waals surface area contributed by atoms with Gasteiger partial charge in [-0.05, 0) is 33.6 Å². The molecular weight excluding hydrogens is 330 g/mol. The molecule has 0 saturated carbocycles. The quantitative estimate of drug-likeness (QED) is 0.481. The summed E-state index contributed by atoms with van der Waals surface area (Å²) in [5, 5.41) is 11.0. The first-order chi connectivity index (χ1) is 7.03. The number of alkyl halides is 2. The molecule has 15 heavy (non-hydrogen) atoms. The molecule has 4 nitrogen and oxygen atoms in total. The Morgan fingerprint density at radius 1 is 1.47 bits per heavy atom. The minimum Gasteiger partial charge on any atom is -0.362 e. The van der Waals surface area contributed by atoms with E-state index < -0.39 is 9.43 Å². The molecule has 0 aliphatic carbocycles. The zero-order valence-electron chi connectivity index (χ0n) is 7.94. The molecule has 0 aromatic heterocycles. The molecule has 0 fully saturated rings. The van der Waals surface area contributed by atoms with Gasteiger partial charge in [0.25, 0.3) is 5.69 Å². The van der Waals surface area contributed by atoms with Gasteiger partial charge in [-0.2, -0.15) is 0 Å². The number of nitro groups is 1. The molecule has 1 atom stereocenters. The van der Waals surface area contributed by atoms with Crippen molar-refractivity contribution in [1.29, 1.82) is 0 Å². The van der Waals surface area contributed by atoms with Crippen LogP contribution in [0.4, 0.5) is 5.69 Å². The van der Waals surface area contributed by atoms with Gasteiger partial charge in [-0.3, -0.25) is 10.1 Å². The summed E-state index contributed by atoms with van der Waals surface area (Å²) in [6.07, 6.45) is 0. The Morgan fingerprint density at radius 3 is 2.33 bits per heavy atom. The maximum atomic E-state index is 10.5. The van der Waals surface area contributed by atoms with Gasteiger partial charge in [0.15, 0.2) is 4.51 Å². The number of rotatable bonds is 4. The second-order valence-corrected chi connectivity index (χ2v) is 4.71. The topological polar surface area (TPSA) is 52.4 Å². The maximum absolute atomic E-state index is 10.5. The fourth-order valence-electron chi connectivity index (χ4n) is 1.08. The van der Waals surface area contributed by atoms with Gasteiger partial charge in [-0.25, -0.2) is 0 Å². The van der Waals surface area contributed by atoms with Crippen LogP contribution in [0.1, 0.15) is 5.56 Å². The maximum Gasteiger partial charge on any atom is 0.269 e. The Morgan fingerprint density at radius 2 is 2.00 bits per heavy atom. The summed E-state index contributed by atoms with van der Waals surface area (Å²) in [5.74, 6) is 0. The number of ether oxygens (including phenoxy) is 1. The van der Waals surface area contributed by atoms with Crippen molar-refractivity contribution in [3.8, 4) is 0 Å². The van der Waals surface area contributed by atoms with Gasteiger partial charge in [0.1, 0.15) is 0 Å². The SMILES string of the molecule is COC(Br)(CBr)c1ccc([N+](=O)[O-])cc1. The predicted molar refractivity (Wildman–Crippen MR) is 64.5 cm³/mol. The summed E-state index contributed by atoms with van der Waals surface area (Å²) in [5.41, 5.74) is 0.895. The van der Waals surface area contributed by atoms with Crippen LogP contribution < -0.4 is 0 Å². The Kier molecular flexibility index (Phi) is 4.24. The van der Waals surface area contributed by atoms with Crippen molar-refractivity contribution in [1.82, 2.24) is 0 Å². The second-order valence-electron chi connectivity index (χ2n) is 2.87. The molecule has 1 aromatic rings. The monoisotopic (exact) mass is 337 g/mol. The van der Waals surface area contributed by atoms with Crippen molar-refractivity contribution in [3.63, 3.8) is 0 Å². The Balaban J connectivity index is 3.02. The van der Waals surface area contributed by atoms with Crippen molar-refractivity contribution in [2.75, 3.05) is 12.4 Å². The molecule has 0 radical (unpaired) electrons. The molecule has 0 heterocycles. The first-order valence-electron chi connectivity index (χ1n) is 4.08. The van der Waals surface area contributed by atoms with E-state index in [-0.39, 0.29) is 5.69 Å². The molecule has 82 valence electrons. The average molecular weight is 339 g/mol. The summed E-state index contributed by atoms with van der Waals surface area (Å²) in [4.78, 5) is 10.0. The molecule has 0 aliphatic rings. The summed E-state index contributed by atoms with van der Waals surface area (Å²) >= 11 is 6.72. The van der Waals surface area contributed by atoms with Crippen LogP contribution in [0.5, 0.6) is 0 Å². The van der Waals surface area contributed by atoms with Crippen LogP contribution >= 0.6 is 31.9 Å². The zero-order chi connectivity index (χ0) is 11.5. The largest absolute Gasteiger partial charge is 0.362 e. The highest BCUT2D eigenvalue weighted by molar-refractivity contribution is 9.12. The number of halogens is 2. The fourth-order valence-corrected chi connectivity index (χ4v) is 1.90. The highest BCUT2D eigenvalue weighted by Gasteiger charge is 2.27. The third-order valence-corrected chi connectivity index (χ3v) is 4.61. The number of methoxy groups -OCH3 is 1. The number of non-ortho nitro benzene ring substituents is 1. The molecule has 0 N–H and O–H groups in total. The van der Waals surface area contributed by atoms with Crippen LogP contribution in [0, 0.1) is 10.1 Å². The summed E-state index contributed by atoms with van der Waals surface area (Å²) in [6.45, 7) is 0. The van der Waals surface area contributed by atoms with E-state index in [1.54, 1.807) is 19.2 Å². The molecule has 1 unspecified atom stereocenters. The van der Waals surface area contributed by atoms with E-state index in [0.717, 1.165) is 5.56 Å². The lowest BCUT2D eigenvalue weighted by Gasteiger charge is -2.23. The van der Waals surface area contributed by atoms with E-state index in [1.165, 1.54) is 12.1 Å². The molecule has 1 aromatic carbocycles. The van der Waals surface area contributed by atoms with Gasteiger partial charge in [0.05, 0.1) is 4.92 Å². The van der Waals surface area contributed by atoms with Crippen LogP contribution in [-0.2, 0) is 9.25 Å². The highest BCUT2D eigenvalue weighted by atomic mass is 79.9. The molecule has 1 rings (SSSR count). The first-order valence-corrected chi connectivity index (χ1v) is 6.00. The zero-order valence-corrected chi connectivity index (χ0v) is 11.1. The number of benzene rings is 1. The van der Waals surface area contributed by atoms with Crippen LogP contribution in [0.2, 0.25) is 0 Å². The Labute approximate surface area is 104 Å². The smallest absolute Gasteiger partial charge is 0.269 e. The van der Waals surface area contributed by atoms with Crippen LogP contribution in [-0.4, -0.2) is 17.4 Å². The van der Waals surface area contributed by atoms with Crippen molar-refractivity contribution in [3.05, 3.63) is 39.9 Å². The van der Waals surface area contributed by atoms with Gasteiger partial charge in [0.2, 0.25) is 0 Å². The number of hydrogen-bond acceptors (Lipinski definition) is 3. The third kappa shape index (κ3) is 2.76. The molecule has 0 aliphatic heterocycles. The average Bonchev–Trinajstić information content (AvgIpc) is 2.28. The fraction of sp³-hybridized carbons (Fsp3) is 0.333. The third-order valence-electron chi connectivity index (χ3n) is 2.00. The number of hydrogen-bond donors (Lipinski definition) is 0. The van der Waals surface area contributed by atoms with E-state index in [2.05, 4.69) is 31.9 Å². The summed E-state index contributed by atoms with van der Waals surface area (Å²) < 4.78 is 4.64. The van der Waals surface area contributed by atoms with E-state index in [0.29, 0.717) is 5.33 Å². The van der Waals surface area contributed by atoms with Gasteiger partial charge in [-0.1, -0.05) is 15.9 Å². The number of nitrogens with zero attached hydrogens (tertiary/aromatic N) is 1. The van der Waals surface area contributed by atoms with E-state index >= 15 is 0 Å². The van der Waals surface area contributed by atoms with E-state index in [9.17, 15) is 10.1 Å². The van der Waals surface area contributed by atoms with E-state index in [4.69, 9.17) is 4.74 Å². The van der Waals surface area contributed by atoms with Crippen molar-refractivity contribution >= 4 is 37.5 Å². The van der Waals surface area contributed by atoms with Crippen LogP contribution in [0.25, 0.3) is 0 Å². The molecule has 0 saturated heterocycles. The lowest BCUT2D eigenvalue weighted by atomic mass is 10.1. The second kappa shape index (κ2) is 5.05. The van der Waals surface area contributed by atoms with Crippen LogP contribution in [0.15, 0.2) is 24.3 Å². The molecule has 0 bridgehead atoms. The lowest BCUT2D eigenvalue weighted by molar-refractivity contribution is -0.384. The molecular formula is C9H9Br2NO3. The van der Waals surface area contributed by atoms with Crippen LogP contribution in [0.3, 0.4) is 0 Å². The van der Waals surface area contributed by atoms with Gasteiger partial charge in [-0.15, -0.1) is 0 Å². The minimum absolute atomic E-state index is 0.0688. The Bertz CT molecular complexity index is 349. The predicted octanol–water partition coefficient (Wildman–Crippen LogP) is 3.18. The standard InChI is InChI=1S/C9H9Br2NO3/c1-15-9(11,6-10)7-2-4-8(5-3-7)12(13)14/h2-5H,6H2,1H3. The highest BCUT2D eigenvalue weighted by Crippen LogP contribution is 2.34. The lowest BCUT2D eigenvalue weighted by Crippen LogP contribution is -2.22. The van der Waals surface area contributed by atoms with Crippen molar-refractivity contribution < 1.29 is 9.66 Å². The van der Waals surface area contributed by atoms with Gasteiger partial charge >= 0.3 is 0 Å². The first kappa shape index (κ1) is 12.6. The van der Waals surface area contributed by atoms with Crippen molar-refractivity contribution in [2.24, 2.45) is 0 Å². The molecule has 0 amide bonds. The molecule has 0 spiro atoms. The number of nitro benzene ring substituents is 1. The van der Waals surface area contributed by atoms with Crippen molar-refractivity contribution in [2.45, 2.75) is 4.51 Å². The van der Waals surface area contributed by atoms with E-state index in [1.807, 2.05) is 0 Å².